The van der Waals surface area contributed by atoms with E-state index in [0.717, 1.165) is 35.4 Å². The smallest absolute Gasteiger partial charge is 0.255 e. The number of benzene rings is 1. The summed E-state index contributed by atoms with van der Waals surface area (Å²) in [6.07, 6.45) is 1.78. The van der Waals surface area contributed by atoms with E-state index in [1.807, 2.05) is 15.6 Å². The van der Waals surface area contributed by atoms with Crippen LogP contribution in [0, 0.1) is 6.92 Å². The van der Waals surface area contributed by atoms with E-state index in [9.17, 15) is 4.79 Å². The summed E-state index contributed by atoms with van der Waals surface area (Å²) in [6, 6.07) is 10.5. The molecule has 3 heterocycles. The molecule has 1 aliphatic heterocycles. The van der Waals surface area contributed by atoms with Crippen molar-refractivity contribution in [3.8, 4) is 11.3 Å². The Morgan fingerprint density at radius 1 is 1.25 bits per heavy atom. The van der Waals surface area contributed by atoms with Crippen LogP contribution in [0.25, 0.3) is 22.3 Å². The molecule has 4 rings (SSSR count). The molecule has 6 nitrogen and oxygen atoms in total. The van der Waals surface area contributed by atoms with E-state index in [-0.39, 0.29) is 18.0 Å². The molecule has 0 aliphatic carbocycles. The average Bonchev–Trinajstić information content (AvgIpc) is 3.12. The molecule has 0 spiro atoms. The molecule has 1 saturated heterocycles. The predicted molar refractivity (Wildman–Crippen MR) is 111 cm³/mol. The number of piperazine rings is 1. The molecule has 1 amide bonds. The molecule has 0 unspecified atom stereocenters. The van der Waals surface area contributed by atoms with Crippen LogP contribution in [-0.2, 0) is 0 Å². The van der Waals surface area contributed by atoms with Crippen molar-refractivity contribution < 1.29 is 4.79 Å². The van der Waals surface area contributed by atoms with E-state index in [4.69, 9.17) is 4.98 Å². The molecule has 0 radical (unpaired) electrons. The van der Waals surface area contributed by atoms with Gasteiger partial charge in [0.2, 0.25) is 0 Å². The Bertz CT molecular complexity index is 1010. The number of amides is 1. The topological polar surface area (TPSA) is 63.1 Å². The standard InChI is InChI=1S/C22H27N5O/c1-14(2)27-21-19(13-24-27)18(22(28)26-10-9-23-12-16(26)4)11-20(25-21)17-7-5-15(3)6-8-17/h5-8,11,13-14,16,23H,9-10,12H2,1-4H3/t16-/m1/s1. The van der Waals surface area contributed by atoms with Gasteiger partial charge in [0.15, 0.2) is 5.65 Å². The van der Waals surface area contributed by atoms with Crippen molar-refractivity contribution in [3.63, 3.8) is 0 Å². The number of nitrogens with zero attached hydrogens (tertiary/aromatic N) is 4. The fourth-order valence-corrected chi connectivity index (χ4v) is 3.74. The van der Waals surface area contributed by atoms with Crippen molar-refractivity contribution in [2.75, 3.05) is 19.6 Å². The molecule has 3 aromatic rings. The highest BCUT2D eigenvalue weighted by atomic mass is 16.2. The maximum absolute atomic E-state index is 13.5. The Balaban J connectivity index is 1.88. The molecular weight excluding hydrogens is 350 g/mol. The highest BCUT2D eigenvalue weighted by Gasteiger charge is 2.27. The lowest BCUT2D eigenvalue weighted by molar-refractivity contribution is 0.0658. The van der Waals surface area contributed by atoms with Gasteiger partial charge in [0.1, 0.15) is 0 Å². The maximum Gasteiger partial charge on any atom is 0.255 e. The van der Waals surface area contributed by atoms with Crippen LogP contribution in [-0.4, -0.2) is 51.2 Å². The number of hydrogen-bond donors (Lipinski definition) is 1. The molecule has 2 aromatic heterocycles. The van der Waals surface area contributed by atoms with Gasteiger partial charge >= 0.3 is 0 Å². The summed E-state index contributed by atoms with van der Waals surface area (Å²) in [7, 11) is 0. The fraction of sp³-hybridized carbons (Fsp3) is 0.409. The van der Waals surface area contributed by atoms with Crippen molar-refractivity contribution in [1.82, 2.24) is 25.0 Å². The quantitative estimate of drug-likeness (QED) is 0.760. The van der Waals surface area contributed by atoms with E-state index < -0.39 is 0 Å². The number of nitrogens with one attached hydrogen (secondary N) is 1. The van der Waals surface area contributed by atoms with E-state index in [2.05, 4.69) is 62.4 Å². The van der Waals surface area contributed by atoms with Crippen molar-refractivity contribution in [3.05, 3.63) is 47.7 Å². The van der Waals surface area contributed by atoms with Crippen LogP contribution >= 0.6 is 0 Å². The summed E-state index contributed by atoms with van der Waals surface area (Å²) < 4.78 is 1.89. The van der Waals surface area contributed by atoms with Gasteiger partial charge in [-0.3, -0.25) is 4.79 Å². The first kappa shape index (κ1) is 18.6. The molecule has 1 aromatic carbocycles. The summed E-state index contributed by atoms with van der Waals surface area (Å²) in [4.78, 5) is 20.3. The minimum absolute atomic E-state index is 0.0538. The largest absolute Gasteiger partial charge is 0.333 e. The highest BCUT2D eigenvalue weighted by molar-refractivity contribution is 6.06. The highest BCUT2D eigenvalue weighted by Crippen LogP contribution is 2.28. The summed E-state index contributed by atoms with van der Waals surface area (Å²) in [5.74, 6) is 0.0538. The first-order valence-electron chi connectivity index (χ1n) is 9.92. The van der Waals surface area contributed by atoms with Crippen molar-refractivity contribution in [2.24, 2.45) is 0 Å². The van der Waals surface area contributed by atoms with E-state index in [1.54, 1.807) is 6.20 Å². The molecule has 6 heteroatoms. The van der Waals surface area contributed by atoms with Crippen LogP contribution in [0.15, 0.2) is 36.5 Å². The molecule has 28 heavy (non-hydrogen) atoms. The number of aryl methyl sites for hydroxylation is 1. The molecule has 146 valence electrons. The zero-order chi connectivity index (χ0) is 19.8. The zero-order valence-electron chi connectivity index (χ0n) is 16.9. The third kappa shape index (κ3) is 3.29. The van der Waals surface area contributed by atoms with Gasteiger partial charge in [-0.2, -0.15) is 5.10 Å². The Kier molecular flexibility index (Phi) is 4.89. The molecule has 0 saturated carbocycles. The Morgan fingerprint density at radius 2 is 2.00 bits per heavy atom. The monoisotopic (exact) mass is 377 g/mol. The second-order valence-electron chi connectivity index (χ2n) is 7.89. The van der Waals surface area contributed by atoms with Gasteiger partial charge in [0.25, 0.3) is 5.91 Å². The Hall–Kier alpha value is -2.73. The summed E-state index contributed by atoms with van der Waals surface area (Å²) in [5, 5.41) is 8.69. The second-order valence-corrected chi connectivity index (χ2v) is 7.89. The van der Waals surface area contributed by atoms with Gasteiger partial charge in [-0.1, -0.05) is 29.8 Å². The van der Waals surface area contributed by atoms with Crippen LogP contribution in [0.2, 0.25) is 0 Å². The lowest BCUT2D eigenvalue weighted by atomic mass is 10.0. The summed E-state index contributed by atoms with van der Waals surface area (Å²) >= 11 is 0. The number of pyridine rings is 1. The van der Waals surface area contributed by atoms with Crippen LogP contribution in [0.3, 0.4) is 0 Å². The molecule has 1 fully saturated rings. The molecule has 1 N–H and O–H groups in total. The van der Waals surface area contributed by atoms with Crippen LogP contribution in [0.4, 0.5) is 0 Å². The van der Waals surface area contributed by atoms with Crippen LogP contribution in [0.1, 0.15) is 42.7 Å². The van der Waals surface area contributed by atoms with Crippen molar-refractivity contribution in [2.45, 2.75) is 39.8 Å². The lowest BCUT2D eigenvalue weighted by Gasteiger charge is -2.34. The molecule has 1 aliphatic rings. The first-order chi connectivity index (χ1) is 13.5. The van der Waals surface area contributed by atoms with Gasteiger partial charge in [-0.15, -0.1) is 0 Å². The molecular formula is C22H27N5O. The maximum atomic E-state index is 13.5. The second kappa shape index (κ2) is 7.36. The number of fused-ring (bicyclic) bond motifs is 1. The SMILES string of the molecule is Cc1ccc(-c2cc(C(=O)N3CCNC[C@H]3C)c3cnn(C(C)C)c3n2)cc1. The number of hydrogen-bond acceptors (Lipinski definition) is 4. The minimum Gasteiger partial charge on any atom is -0.333 e. The van der Waals surface area contributed by atoms with Gasteiger partial charge in [0, 0.05) is 37.3 Å². The van der Waals surface area contributed by atoms with Crippen LogP contribution in [0.5, 0.6) is 0 Å². The van der Waals surface area contributed by atoms with Gasteiger partial charge in [-0.25, -0.2) is 9.67 Å². The van der Waals surface area contributed by atoms with E-state index >= 15 is 0 Å². The Labute approximate surface area is 165 Å². The van der Waals surface area contributed by atoms with E-state index in [1.165, 1.54) is 5.56 Å². The lowest BCUT2D eigenvalue weighted by Crippen LogP contribution is -2.52. The molecule has 0 bridgehead atoms. The zero-order valence-corrected chi connectivity index (χ0v) is 16.9. The van der Waals surface area contributed by atoms with Crippen LogP contribution < -0.4 is 5.32 Å². The minimum atomic E-state index is 0.0538. The number of aromatic nitrogens is 3. The number of rotatable bonds is 3. The van der Waals surface area contributed by atoms with Gasteiger partial charge < -0.3 is 10.2 Å². The number of carbonyl (C=O) groups excluding carboxylic acids is 1. The van der Waals surface area contributed by atoms with Crippen molar-refractivity contribution in [1.29, 1.82) is 0 Å². The number of carbonyl (C=O) groups is 1. The fourth-order valence-electron chi connectivity index (χ4n) is 3.74. The molecule has 1 atom stereocenters. The van der Waals surface area contributed by atoms with Gasteiger partial charge in [0.05, 0.1) is 22.8 Å². The van der Waals surface area contributed by atoms with E-state index in [0.29, 0.717) is 12.1 Å². The normalized spacial score (nSPS) is 17.5. The average molecular weight is 377 g/mol. The van der Waals surface area contributed by atoms with Gasteiger partial charge in [-0.05, 0) is 33.8 Å². The third-order valence-electron chi connectivity index (χ3n) is 5.40. The first-order valence-corrected chi connectivity index (χ1v) is 9.92. The third-order valence-corrected chi connectivity index (χ3v) is 5.40. The summed E-state index contributed by atoms with van der Waals surface area (Å²) in [6.45, 7) is 10.6. The summed E-state index contributed by atoms with van der Waals surface area (Å²) in [5.41, 5.74) is 4.45. The Morgan fingerprint density at radius 3 is 2.68 bits per heavy atom. The van der Waals surface area contributed by atoms with Crippen molar-refractivity contribution >= 4 is 16.9 Å². The predicted octanol–water partition coefficient (Wildman–Crippen LogP) is 3.42.